The van der Waals surface area contributed by atoms with Gasteiger partial charge in [0.2, 0.25) is 0 Å². The van der Waals surface area contributed by atoms with E-state index >= 15 is 0 Å². The first kappa shape index (κ1) is 19.0. The van der Waals surface area contributed by atoms with Crippen molar-refractivity contribution >= 4 is 34.7 Å². The third kappa shape index (κ3) is 5.13. The van der Waals surface area contributed by atoms with Crippen molar-refractivity contribution < 1.29 is 9.53 Å². The van der Waals surface area contributed by atoms with Gasteiger partial charge in [-0.15, -0.1) is 11.3 Å². The number of benzene rings is 1. The summed E-state index contributed by atoms with van der Waals surface area (Å²) in [5.74, 6) is 0. The monoisotopic (exact) mass is 393 g/mol. The average Bonchev–Trinajstić information content (AvgIpc) is 3.10. The summed E-state index contributed by atoms with van der Waals surface area (Å²) in [4.78, 5) is 17.6. The van der Waals surface area contributed by atoms with Crippen molar-refractivity contribution in [2.24, 2.45) is 0 Å². The molecule has 7 heteroatoms. The largest absolute Gasteiger partial charge is 0.378 e. The van der Waals surface area contributed by atoms with Gasteiger partial charge in [0, 0.05) is 36.7 Å². The molecule has 0 saturated carbocycles. The first-order chi connectivity index (χ1) is 12.7. The van der Waals surface area contributed by atoms with Crippen molar-refractivity contribution in [2.75, 3.05) is 37.7 Å². The van der Waals surface area contributed by atoms with Crippen LogP contribution in [0.25, 0.3) is 0 Å². The van der Waals surface area contributed by atoms with Crippen LogP contribution < -0.4 is 10.2 Å². The second kappa shape index (κ2) is 9.26. The minimum Gasteiger partial charge on any atom is -0.378 e. The third-order valence-electron chi connectivity index (χ3n) is 4.40. The number of carbonyl (C=O) groups excluding carboxylic acids is 1. The maximum absolute atomic E-state index is 12.4. The molecule has 1 fully saturated rings. The first-order valence-electron chi connectivity index (χ1n) is 8.84. The Hall–Kier alpha value is -1.76. The van der Waals surface area contributed by atoms with E-state index < -0.39 is 0 Å². The Balaban J connectivity index is 1.51. The zero-order chi connectivity index (χ0) is 18.4. The molecule has 2 amide bonds. The summed E-state index contributed by atoms with van der Waals surface area (Å²) < 4.78 is 6.13. The number of thiophene rings is 1. The molecular weight excluding hydrogens is 370 g/mol. The highest BCUT2D eigenvalue weighted by molar-refractivity contribution is 7.16. The van der Waals surface area contributed by atoms with E-state index in [0.717, 1.165) is 41.1 Å². The van der Waals surface area contributed by atoms with Gasteiger partial charge in [0.05, 0.1) is 24.1 Å². The number of hydrogen-bond donors (Lipinski definition) is 1. The summed E-state index contributed by atoms with van der Waals surface area (Å²) in [5, 5.41) is 3.00. The van der Waals surface area contributed by atoms with Crippen molar-refractivity contribution in [3.63, 3.8) is 0 Å². The molecule has 2 heterocycles. The summed E-state index contributed by atoms with van der Waals surface area (Å²) in [6, 6.07) is 12.1. The Morgan fingerprint density at radius 2 is 1.96 bits per heavy atom. The SMILES string of the molecule is CCN(Cc1ccc(Cl)s1)C(=O)NCc1ccc(N2CCOCC2)cc1. The van der Waals surface area contributed by atoms with Gasteiger partial charge >= 0.3 is 6.03 Å². The lowest BCUT2D eigenvalue weighted by molar-refractivity contribution is 0.122. The highest BCUT2D eigenvalue weighted by atomic mass is 35.5. The molecular formula is C19H24ClN3O2S. The Morgan fingerprint density at radius 3 is 2.58 bits per heavy atom. The topological polar surface area (TPSA) is 44.8 Å². The maximum Gasteiger partial charge on any atom is 0.317 e. The highest BCUT2D eigenvalue weighted by Crippen LogP contribution is 2.22. The normalized spacial score (nSPS) is 14.3. The molecule has 1 N–H and O–H groups in total. The molecule has 1 saturated heterocycles. The van der Waals surface area contributed by atoms with E-state index in [1.54, 1.807) is 4.90 Å². The van der Waals surface area contributed by atoms with Gasteiger partial charge in [0.25, 0.3) is 0 Å². The second-order valence-corrected chi connectivity index (χ2v) is 7.94. The Labute approximate surface area is 163 Å². The number of nitrogens with one attached hydrogen (secondary N) is 1. The zero-order valence-electron chi connectivity index (χ0n) is 14.9. The number of nitrogens with zero attached hydrogens (tertiary/aromatic N) is 2. The fourth-order valence-electron chi connectivity index (χ4n) is 2.89. The Kier molecular flexibility index (Phi) is 6.77. The average molecular weight is 394 g/mol. The quantitative estimate of drug-likeness (QED) is 0.807. The number of halogens is 1. The lowest BCUT2D eigenvalue weighted by Crippen LogP contribution is -2.38. The number of morpholine rings is 1. The van der Waals surface area contributed by atoms with Crippen LogP contribution in [0.4, 0.5) is 10.5 Å². The van der Waals surface area contributed by atoms with E-state index in [4.69, 9.17) is 16.3 Å². The summed E-state index contributed by atoms with van der Waals surface area (Å²) in [6.07, 6.45) is 0. The predicted octanol–water partition coefficient (Wildman–Crippen LogP) is 3.97. The van der Waals surface area contributed by atoms with E-state index in [-0.39, 0.29) is 6.03 Å². The molecule has 1 aromatic carbocycles. The van der Waals surface area contributed by atoms with Gasteiger partial charge in [-0.05, 0) is 36.8 Å². The zero-order valence-corrected chi connectivity index (χ0v) is 16.5. The summed E-state index contributed by atoms with van der Waals surface area (Å²) in [5.41, 5.74) is 2.29. The number of carbonyl (C=O) groups is 1. The van der Waals surface area contributed by atoms with Crippen LogP contribution in [0.15, 0.2) is 36.4 Å². The van der Waals surface area contributed by atoms with Gasteiger partial charge in [-0.2, -0.15) is 0 Å². The van der Waals surface area contributed by atoms with Crippen molar-refractivity contribution in [2.45, 2.75) is 20.0 Å². The number of rotatable bonds is 6. The molecule has 0 bridgehead atoms. The van der Waals surface area contributed by atoms with Crippen LogP contribution in [0.1, 0.15) is 17.4 Å². The van der Waals surface area contributed by atoms with Crippen molar-refractivity contribution in [3.05, 3.63) is 51.2 Å². The number of urea groups is 1. The van der Waals surface area contributed by atoms with Crippen LogP contribution in [0.2, 0.25) is 4.34 Å². The molecule has 1 aliphatic rings. The molecule has 26 heavy (non-hydrogen) atoms. The van der Waals surface area contributed by atoms with E-state index in [1.165, 1.54) is 17.0 Å². The summed E-state index contributed by atoms with van der Waals surface area (Å²) in [6.45, 7) is 7.13. The number of ether oxygens (including phenoxy) is 1. The lowest BCUT2D eigenvalue weighted by atomic mass is 10.2. The smallest absolute Gasteiger partial charge is 0.317 e. The molecule has 0 aliphatic carbocycles. The molecule has 2 aromatic rings. The minimum atomic E-state index is -0.0609. The van der Waals surface area contributed by atoms with Crippen LogP contribution >= 0.6 is 22.9 Å². The second-order valence-electron chi connectivity index (χ2n) is 6.14. The van der Waals surface area contributed by atoms with Crippen LogP contribution in [-0.2, 0) is 17.8 Å². The third-order valence-corrected chi connectivity index (χ3v) is 5.62. The van der Waals surface area contributed by atoms with Gasteiger partial charge in [0.1, 0.15) is 0 Å². The fraction of sp³-hybridized carbons (Fsp3) is 0.421. The standard InChI is InChI=1S/C19H24ClN3O2S/c1-2-22(14-17-7-8-18(20)26-17)19(24)21-13-15-3-5-16(6-4-15)23-9-11-25-12-10-23/h3-8H,2,9-14H2,1H3,(H,21,24). The van der Waals surface area contributed by atoms with E-state index in [1.807, 2.05) is 19.1 Å². The van der Waals surface area contributed by atoms with E-state index in [9.17, 15) is 4.79 Å². The van der Waals surface area contributed by atoms with Crippen molar-refractivity contribution in [3.8, 4) is 0 Å². The van der Waals surface area contributed by atoms with Crippen molar-refractivity contribution in [1.29, 1.82) is 0 Å². The van der Waals surface area contributed by atoms with E-state index in [0.29, 0.717) is 19.6 Å². The molecule has 140 valence electrons. The Bertz CT molecular complexity index is 714. The molecule has 0 radical (unpaired) electrons. The van der Waals surface area contributed by atoms with Crippen molar-refractivity contribution in [1.82, 2.24) is 10.2 Å². The van der Waals surface area contributed by atoms with Gasteiger partial charge in [0.15, 0.2) is 0 Å². The number of hydrogen-bond acceptors (Lipinski definition) is 4. The summed E-state index contributed by atoms with van der Waals surface area (Å²) in [7, 11) is 0. The maximum atomic E-state index is 12.4. The number of anilines is 1. The van der Waals surface area contributed by atoms with Crippen LogP contribution in [0.3, 0.4) is 0 Å². The van der Waals surface area contributed by atoms with Crippen LogP contribution in [0.5, 0.6) is 0 Å². The Morgan fingerprint density at radius 1 is 1.23 bits per heavy atom. The minimum absolute atomic E-state index is 0.0609. The van der Waals surface area contributed by atoms with Crippen LogP contribution in [-0.4, -0.2) is 43.8 Å². The van der Waals surface area contributed by atoms with E-state index in [2.05, 4.69) is 34.5 Å². The predicted molar refractivity (Wildman–Crippen MR) is 107 cm³/mol. The number of amides is 2. The highest BCUT2D eigenvalue weighted by Gasteiger charge is 2.14. The lowest BCUT2D eigenvalue weighted by Gasteiger charge is -2.29. The van der Waals surface area contributed by atoms with Gasteiger partial charge in [-0.25, -0.2) is 4.79 Å². The molecule has 1 aromatic heterocycles. The van der Waals surface area contributed by atoms with Crippen LogP contribution in [0, 0.1) is 0 Å². The fourth-order valence-corrected chi connectivity index (χ4v) is 3.99. The molecule has 5 nitrogen and oxygen atoms in total. The first-order valence-corrected chi connectivity index (χ1v) is 10.0. The van der Waals surface area contributed by atoms with Gasteiger partial charge in [-0.3, -0.25) is 0 Å². The summed E-state index contributed by atoms with van der Waals surface area (Å²) >= 11 is 7.47. The van der Waals surface area contributed by atoms with Gasteiger partial charge in [-0.1, -0.05) is 23.7 Å². The molecule has 1 aliphatic heterocycles. The molecule has 0 atom stereocenters. The molecule has 0 unspecified atom stereocenters. The molecule has 0 spiro atoms. The molecule has 3 rings (SSSR count). The van der Waals surface area contributed by atoms with Gasteiger partial charge < -0.3 is 19.9 Å².